The van der Waals surface area contributed by atoms with Crippen LogP contribution in [0.3, 0.4) is 0 Å². The summed E-state index contributed by atoms with van der Waals surface area (Å²) < 4.78 is 27.2. The van der Waals surface area contributed by atoms with Crippen molar-refractivity contribution in [1.29, 1.82) is 0 Å². The third-order valence-corrected chi connectivity index (χ3v) is 4.19. The number of halogens is 2. The average molecular weight is 285 g/mol. The molecule has 0 heterocycles. The third-order valence-electron chi connectivity index (χ3n) is 1.97. The summed E-state index contributed by atoms with van der Waals surface area (Å²) in [7, 11) is 0. The molecular weight excluding hydrogens is 277 g/mol. The van der Waals surface area contributed by atoms with Gasteiger partial charge < -0.3 is 0 Å². The van der Waals surface area contributed by atoms with E-state index in [0.717, 1.165) is 16.6 Å². The molecular formula is C12H8F2OSe. The molecule has 1 nitrogen and oxygen atoms in total. The van der Waals surface area contributed by atoms with Crippen molar-refractivity contribution in [2.75, 3.05) is 0 Å². The predicted octanol–water partition coefficient (Wildman–Crippen LogP) is 1.33. The summed E-state index contributed by atoms with van der Waals surface area (Å²) in [6.45, 7) is 0. The van der Waals surface area contributed by atoms with E-state index in [2.05, 4.69) is 0 Å². The van der Waals surface area contributed by atoms with Crippen LogP contribution in [0.5, 0.6) is 5.75 Å². The molecule has 2 aromatic carbocycles. The Morgan fingerprint density at radius 2 is 1.56 bits per heavy atom. The van der Waals surface area contributed by atoms with Gasteiger partial charge in [0, 0.05) is 0 Å². The number of aromatic hydroxyl groups is 1. The van der Waals surface area contributed by atoms with Crippen molar-refractivity contribution in [3.05, 3.63) is 54.1 Å². The molecule has 0 aliphatic rings. The number of hydrogen-bond acceptors (Lipinski definition) is 1. The zero-order valence-electron chi connectivity index (χ0n) is 8.15. The van der Waals surface area contributed by atoms with E-state index < -0.39 is 11.6 Å². The van der Waals surface area contributed by atoms with Gasteiger partial charge in [-0.15, -0.1) is 0 Å². The Morgan fingerprint density at radius 1 is 0.938 bits per heavy atom. The van der Waals surface area contributed by atoms with Crippen molar-refractivity contribution in [3.8, 4) is 5.75 Å². The standard InChI is InChI=1S/C12H8F2OSe/c13-9-6-11(15)12(7-10(9)14)16-8-4-2-1-3-5-8/h1-7,15H. The van der Waals surface area contributed by atoms with Gasteiger partial charge in [-0.25, -0.2) is 0 Å². The first-order valence-electron chi connectivity index (χ1n) is 4.58. The predicted molar refractivity (Wildman–Crippen MR) is 59.5 cm³/mol. The number of phenolic OH excluding ortho intramolecular Hbond substituents is 1. The topological polar surface area (TPSA) is 20.2 Å². The molecule has 2 rings (SSSR count). The summed E-state index contributed by atoms with van der Waals surface area (Å²) in [6.07, 6.45) is 0. The van der Waals surface area contributed by atoms with Crippen LogP contribution in [0.2, 0.25) is 0 Å². The van der Waals surface area contributed by atoms with Crippen LogP contribution in [0.4, 0.5) is 8.78 Å². The van der Waals surface area contributed by atoms with E-state index in [1.165, 1.54) is 0 Å². The van der Waals surface area contributed by atoms with Gasteiger partial charge in [0.25, 0.3) is 0 Å². The molecule has 0 aromatic heterocycles. The molecule has 2 aromatic rings. The van der Waals surface area contributed by atoms with Crippen LogP contribution < -0.4 is 8.92 Å². The first kappa shape index (κ1) is 11.1. The Kier molecular flexibility index (Phi) is 3.22. The minimum atomic E-state index is -1.02. The van der Waals surface area contributed by atoms with Crippen molar-refractivity contribution >= 4 is 23.9 Å². The summed E-state index contributed by atoms with van der Waals surface area (Å²) in [5.41, 5.74) is 0. The Bertz CT molecular complexity index is 500. The normalized spacial score (nSPS) is 10.4. The van der Waals surface area contributed by atoms with Gasteiger partial charge >= 0.3 is 97.6 Å². The van der Waals surface area contributed by atoms with Gasteiger partial charge in [0.2, 0.25) is 0 Å². The monoisotopic (exact) mass is 286 g/mol. The van der Waals surface area contributed by atoms with Crippen LogP contribution in [-0.4, -0.2) is 20.1 Å². The average Bonchev–Trinajstić information content (AvgIpc) is 2.27. The number of hydrogen-bond donors (Lipinski definition) is 1. The number of benzene rings is 2. The molecule has 0 fully saturated rings. The second-order valence-corrected chi connectivity index (χ2v) is 5.49. The molecule has 0 aliphatic heterocycles. The fraction of sp³-hybridized carbons (Fsp3) is 0. The van der Waals surface area contributed by atoms with Gasteiger partial charge in [0.15, 0.2) is 0 Å². The van der Waals surface area contributed by atoms with E-state index in [4.69, 9.17) is 0 Å². The van der Waals surface area contributed by atoms with E-state index in [1.54, 1.807) is 0 Å². The molecule has 0 radical (unpaired) electrons. The van der Waals surface area contributed by atoms with Gasteiger partial charge in [-0.2, -0.15) is 0 Å². The zero-order valence-corrected chi connectivity index (χ0v) is 9.87. The molecule has 4 heteroatoms. The SMILES string of the molecule is Oc1cc(F)c(F)cc1[Se]c1ccccc1. The molecule has 0 spiro atoms. The van der Waals surface area contributed by atoms with Gasteiger partial charge in [-0.1, -0.05) is 0 Å². The second kappa shape index (κ2) is 4.64. The summed E-state index contributed by atoms with van der Waals surface area (Å²) >= 11 is -0.222. The summed E-state index contributed by atoms with van der Waals surface area (Å²) in [4.78, 5) is 0. The van der Waals surface area contributed by atoms with E-state index >= 15 is 0 Å². The van der Waals surface area contributed by atoms with Crippen LogP contribution in [0.25, 0.3) is 0 Å². The van der Waals surface area contributed by atoms with E-state index in [9.17, 15) is 13.9 Å². The third kappa shape index (κ3) is 2.40. The zero-order chi connectivity index (χ0) is 11.5. The molecule has 1 N–H and O–H groups in total. The van der Waals surface area contributed by atoms with Gasteiger partial charge in [0.05, 0.1) is 0 Å². The van der Waals surface area contributed by atoms with Gasteiger partial charge in [-0.05, 0) is 0 Å². The first-order chi connectivity index (χ1) is 7.66. The molecule has 0 atom stereocenters. The van der Waals surface area contributed by atoms with Crippen molar-refractivity contribution in [3.63, 3.8) is 0 Å². The fourth-order valence-corrected chi connectivity index (χ4v) is 3.05. The Labute approximate surface area is 97.9 Å². The summed E-state index contributed by atoms with van der Waals surface area (Å²) in [5.74, 6) is -2.14. The molecule has 16 heavy (non-hydrogen) atoms. The molecule has 0 bridgehead atoms. The first-order valence-corrected chi connectivity index (χ1v) is 6.29. The van der Waals surface area contributed by atoms with Crippen LogP contribution in [0, 0.1) is 11.6 Å². The fourth-order valence-electron chi connectivity index (χ4n) is 1.22. The van der Waals surface area contributed by atoms with Crippen LogP contribution in [0.1, 0.15) is 0 Å². The van der Waals surface area contributed by atoms with E-state index in [0.29, 0.717) is 4.46 Å². The molecule has 0 saturated carbocycles. The minimum absolute atomic E-state index is 0.192. The van der Waals surface area contributed by atoms with Crippen LogP contribution in [0.15, 0.2) is 42.5 Å². The Morgan fingerprint density at radius 3 is 2.25 bits per heavy atom. The summed E-state index contributed by atoms with van der Waals surface area (Å²) in [5, 5.41) is 9.49. The molecule has 0 aliphatic carbocycles. The van der Waals surface area contributed by atoms with Crippen LogP contribution in [-0.2, 0) is 0 Å². The quantitative estimate of drug-likeness (QED) is 0.825. The van der Waals surface area contributed by atoms with Crippen molar-refractivity contribution < 1.29 is 13.9 Å². The molecule has 0 saturated heterocycles. The molecule has 0 amide bonds. The van der Waals surface area contributed by atoms with Crippen LogP contribution >= 0.6 is 0 Å². The summed E-state index contributed by atoms with van der Waals surface area (Å²) in [6, 6.07) is 11.3. The van der Waals surface area contributed by atoms with Crippen molar-refractivity contribution in [1.82, 2.24) is 0 Å². The molecule has 0 unspecified atom stereocenters. The maximum atomic E-state index is 13.0. The van der Waals surface area contributed by atoms with E-state index in [1.807, 2.05) is 30.3 Å². The molecule has 82 valence electrons. The Hall–Kier alpha value is -1.38. The van der Waals surface area contributed by atoms with Crippen molar-refractivity contribution in [2.24, 2.45) is 0 Å². The number of rotatable bonds is 2. The Balaban J connectivity index is 2.32. The van der Waals surface area contributed by atoms with Gasteiger partial charge in [0.1, 0.15) is 0 Å². The number of phenols is 1. The van der Waals surface area contributed by atoms with Crippen molar-refractivity contribution in [2.45, 2.75) is 0 Å². The van der Waals surface area contributed by atoms with E-state index in [-0.39, 0.29) is 20.7 Å². The van der Waals surface area contributed by atoms with Gasteiger partial charge in [-0.3, -0.25) is 0 Å². The maximum absolute atomic E-state index is 13.0. The second-order valence-electron chi connectivity index (χ2n) is 3.15.